The van der Waals surface area contributed by atoms with E-state index in [0.717, 1.165) is 11.2 Å². The van der Waals surface area contributed by atoms with Crippen molar-refractivity contribution < 1.29 is 0 Å². The molecule has 0 atom stereocenters. The number of aromatic nitrogens is 4. The summed E-state index contributed by atoms with van der Waals surface area (Å²) in [4.78, 5) is 7.97. The summed E-state index contributed by atoms with van der Waals surface area (Å²) in [5.41, 5.74) is 4.66. The van der Waals surface area contributed by atoms with Crippen LogP contribution in [0.5, 0.6) is 0 Å². The number of H-pyrrole nitrogens is 1. The molecule has 2 N–H and O–H groups in total. The quantitative estimate of drug-likeness (QED) is 0.757. The molecular formula is C20H27N5. The molecule has 4 rings (SSSR count). The van der Waals surface area contributed by atoms with E-state index < -0.39 is 0 Å². The van der Waals surface area contributed by atoms with Crippen molar-refractivity contribution in [3.8, 4) is 11.1 Å². The van der Waals surface area contributed by atoms with Crippen LogP contribution in [0.4, 0.5) is 0 Å². The highest BCUT2D eigenvalue weighted by Crippen LogP contribution is 2.35. The van der Waals surface area contributed by atoms with Crippen molar-refractivity contribution in [2.24, 2.45) is 7.05 Å². The summed E-state index contributed by atoms with van der Waals surface area (Å²) in [6, 6.07) is 3.58. The zero-order valence-corrected chi connectivity index (χ0v) is 15.3. The fraction of sp³-hybridized carbons (Fsp3) is 0.500. The molecule has 0 amide bonds. The maximum absolute atomic E-state index is 4.68. The van der Waals surface area contributed by atoms with Gasteiger partial charge in [0.1, 0.15) is 5.65 Å². The van der Waals surface area contributed by atoms with Crippen molar-refractivity contribution in [3.63, 3.8) is 0 Å². The van der Waals surface area contributed by atoms with Gasteiger partial charge in [0.15, 0.2) is 0 Å². The largest absolute Gasteiger partial charge is 0.346 e. The van der Waals surface area contributed by atoms with E-state index in [1.807, 2.05) is 24.1 Å². The second-order valence-corrected chi connectivity index (χ2v) is 7.64. The summed E-state index contributed by atoms with van der Waals surface area (Å²) < 4.78 is 1.84. The van der Waals surface area contributed by atoms with E-state index in [9.17, 15) is 0 Å². The maximum Gasteiger partial charge on any atom is 0.137 e. The summed E-state index contributed by atoms with van der Waals surface area (Å²) >= 11 is 0. The zero-order chi connectivity index (χ0) is 17.4. The molecule has 0 saturated heterocycles. The SMILES string of the molecule is CC(C)NC1CCC(c2cnc3[nH]cc(-c4cnn(C)c4)c3c2)CC1. The highest BCUT2D eigenvalue weighted by atomic mass is 15.2. The monoisotopic (exact) mass is 337 g/mol. The standard InChI is InChI=1S/C20H27N5/c1-13(2)24-17-6-4-14(5-7-17)15-8-18-19(11-22-20(18)21-9-15)16-10-23-25(3)12-16/h8-14,17,24H,4-7H2,1-3H3,(H,21,22). The molecule has 1 aliphatic rings. The number of fused-ring (bicyclic) bond motifs is 1. The van der Waals surface area contributed by atoms with Gasteiger partial charge in [0.25, 0.3) is 0 Å². The van der Waals surface area contributed by atoms with E-state index >= 15 is 0 Å². The number of aryl methyl sites for hydroxylation is 1. The second kappa shape index (κ2) is 6.64. The Labute approximate surface area is 148 Å². The van der Waals surface area contributed by atoms with E-state index in [1.54, 1.807) is 0 Å². The highest BCUT2D eigenvalue weighted by molar-refractivity contribution is 5.93. The third kappa shape index (κ3) is 3.33. The Morgan fingerprint density at radius 2 is 2.00 bits per heavy atom. The average molecular weight is 337 g/mol. The number of rotatable bonds is 4. The Hall–Kier alpha value is -2.14. The lowest BCUT2D eigenvalue weighted by molar-refractivity contribution is 0.326. The van der Waals surface area contributed by atoms with Gasteiger partial charge < -0.3 is 10.3 Å². The molecule has 25 heavy (non-hydrogen) atoms. The van der Waals surface area contributed by atoms with E-state index in [2.05, 4.69) is 52.7 Å². The number of nitrogens with one attached hydrogen (secondary N) is 2. The van der Waals surface area contributed by atoms with Gasteiger partial charge in [-0.1, -0.05) is 13.8 Å². The third-order valence-corrected chi connectivity index (χ3v) is 5.34. The van der Waals surface area contributed by atoms with Gasteiger partial charge in [0.2, 0.25) is 0 Å². The van der Waals surface area contributed by atoms with Crippen LogP contribution < -0.4 is 5.32 Å². The number of nitrogens with zero attached hydrogens (tertiary/aromatic N) is 3. The van der Waals surface area contributed by atoms with Crippen LogP contribution in [0, 0.1) is 0 Å². The molecule has 1 aliphatic carbocycles. The smallest absolute Gasteiger partial charge is 0.137 e. The number of hydrogen-bond acceptors (Lipinski definition) is 3. The molecule has 3 heterocycles. The van der Waals surface area contributed by atoms with Crippen LogP contribution in [0.1, 0.15) is 51.0 Å². The molecule has 0 spiro atoms. The first-order valence-corrected chi connectivity index (χ1v) is 9.32. The van der Waals surface area contributed by atoms with E-state index in [-0.39, 0.29) is 0 Å². The van der Waals surface area contributed by atoms with Gasteiger partial charge >= 0.3 is 0 Å². The van der Waals surface area contributed by atoms with Gasteiger partial charge in [-0.2, -0.15) is 5.10 Å². The average Bonchev–Trinajstić information content (AvgIpc) is 3.20. The first kappa shape index (κ1) is 16.3. The Bertz CT molecular complexity index is 852. The number of hydrogen-bond donors (Lipinski definition) is 2. The van der Waals surface area contributed by atoms with Gasteiger partial charge in [-0.05, 0) is 43.2 Å². The lowest BCUT2D eigenvalue weighted by Gasteiger charge is -2.30. The van der Waals surface area contributed by atoms with Crippen molar-refractivity contribution >= 4 is 11.0 Å². The predicted octanol–water partition coefficient (Wildman–Crippen LogP) is 3.99. The number of aromatic amines is 1. The minimum atomic E-state index is 0.571. The normalized spacial score (nSPS) is 21.3. The molecule has 0 aliphatic heterocycles. The van der Waals surface area contributed by atoms with Gasteiger partial charge in [-0.3, -0.25) is 4.68 Å². The molecule has 1 saturated carbocycles. The van der Waals surface area contributed by atoms with Crippen molar-refractivity contribution in [2.75, 3.05) is 0 Å². The van der Waals surface area contributed by atoms with Crippen LogP contribution in [0.25, 0.3) is 22.2 Å². The van der Waals surface area contributed by atoms with Crippen molar-refractivity contribution in [1.29, 1.82) is 0 Å². The van der Waals surface area contributed by atoms with Gasteiger partial charge in [-0.15, -0.1) is 0 Å². The summed E-state index contributed by atoms with van der Waals surface area (Å²) in [5, 5.41) is 9.18. The Balaban J connectivity index is 1.57. The topological polar surface area (TPSA) is 58.5 Å². The van der Waals surface area contributed by atoms with Crippen LogP contribution in [-0.2, 0) is 7.05 Å². The third-order valence-electron chi connectivity index (χ3n) is 5.34. The minimum absolute atomic E-state index is 0.571. The summed E-state index contributed by atoms with van der Waals surface area (Å²) in [7, 11) is 1.95. The molecule has 132 valence electrons. The van der Waals surface area contributed by atoms with Crippen molar-refractivity contribution in [3.05, 3.63) is 36.4 Å². The molecule has 1 fully saturated rings. The zero-order valence-electron chi connectivity index (χ0n) is 15.3. The van der Waals surface area contributed by atoms with Gasteiger partial charge in [-0.25, -0.2) is 4.98 Å². The second-order valence-electron chi connectivity index (χ2n) is 7.64. The van der Waals surface area contributed by atoms with Crippen LogP contribution in [0.2, 0.25) is 0 Å². The van der Waals surface area contributed by atoms with Crippen molar-refractivity contribution in [2.45, 2.75) is 57.5 Å². The van der Waals surface area contributed by atoms with Crippen LogP contribution >= 0.6 is 0 Å². The molecule has 5 nitrogen and oxygen atoms in total. The minimum Gasteiger partial charge on any atom is -0.346 e. The van der Waals surface area contributed by atoms with E-state index in [4.69, 9.17) is 0 Å². The molecular weight excluding hydrogens is 310 g/mol. The molecule has 0 aromatic carbocycles. The van der Waals surface area contributed by atoms with Crippen LogP contribution in [0.15, 0.2) is 30.9 Å². The number of pyridine rings is 1. The predicted molar refractivity (Wildman–Crippen MR) is 102 cm³/mol. The van der Waals surface area contributed by atoms with Gasteiger partial charge in [0.05, 0.1) is 6.20 Å². The Kier molecular flexibility index (Phi) is 4.34. The molecule has 3 aromatic heterocycles. The van der Waals surface area contributed by atoms with Crippen LogP contribution in [-0.4, -0.2) is 31.8 Å². The summed E-state index contributed by atoms with van der Waals surface area (Å²) in [5.74, 6) is 0.624. The van der Waals surface area contributed by atoms with Gasteiger partial charge in [0, 0.05) is 54.2 Å². The summed E-state index contributed by atoms with van der Waals surface area (Å²) in [6.07, 6.45) is 13.1. The first-order valence-electron chi connectivity index (χ1n) is 9.32. The van der Waals surface area contributed by atoms with Crippen molar-refractivity contribution in [1.82, 2.24) is 25.1 Å². The lowest BCUT2D eigenvalue weighted by Crippen LogP contribution is -2.37. The molecule has 0 unspecified atom stereocenters. The Morgan fingerprint density at radius 1 is 1.20 bits per heavy atom. The molecule has 5 heteroatoms. The van der Waals surface area contributed by atoms with E-state index in [1.165, 1.54) is 42.2 Å². The fourth-order valence-corrected chi connectivity index (χ4v) is 4.11. The lowest BCUT2D eigenvalue weighted by atomic mass is 9.82. The first-order chi connectivity index (χ1) is 12.1. The fourth-order valence-electron chi connectivity index (χ4n) is 4.11. The van der Waals surface area contributed by atoms with E-state index in [0.29, 0.717) is 18.0 Å². The Morgan fingerprint density at radius 3 is 2.68 bits per heavy atom. The highest BCUT2D eigenvalue weighted by Gasteiger charge is 2.23. The summed E-state index contributed by atoms with van der Waals surface area (Å²) in [6.45, 7) is 4.46. The maximum atomic E-state index is 4.68. The molecule has 0 radical (unpaired) electrons. The molecule has 0 bridgehead atoms. The van der Waals surface area contributed by atoms with Crippen LogP contribution in [0.3, 0.4) is 0 Å². The molecule has 3 aromatic rings.